The molecular formula is C15H31Cl2N3O2. The minimum Gasteiger partial charge on any atom is -0.384 e. The Morgan fingerprint density at radius 3 is 2.45 bits per heavy atom. The normalized spacial score (nSPS) is 20.5. The SMILES string of the molecule is COCC1(CNC(=O)CN(C)C2CCNCC2)CCC1.Cl.Cl. The van der Waals surface area contributed by atoms with Gasteiger partial charge in [-0.2, -0.15) is 0 Å². The average molecular weight is 356 g/mol. The molecule has 7 heteroatoms. The van der Waals surface area contributed by atoms with Crippen LogP contribution >= 0.6 is 24.8 Å². The predicted octanol–water partition coefficient (Wildman–Crippen LogP) is 1.45. The molecule has 0 aromatic carbocycles. The maximum absolute atomic E-state index is 12.1. The molecular weight excluding hydrogens is 325 g/mol. The van der Waals surface area contributed by atoms with Crippen LogP contribution < -0.4 is 10.6 Å². The Hall–Kier alpha value is -0.0700. The van der Waals surface area contributed by atoms with E-state index < -0.39 is 0 Å². The van der Waals surface area contributed by atoms with Gasteiger partial charge in [-0.15, -0.1) is 24.8 Å². The van der Waals surface area contributed by atoms with Crippen LogP contribution in [0.15, 0.2) is 0 Å². The Balaban J connectivity index is 0.00000220. The van der Waals surface area contributed by atoms with E-state index in [-0.39, 0.29) is 36.1 Å². The summed E-state index contributed by atoms with van der Waals surface area (Å²) in [6.07, 6.45) is 5.87. The second-order valence-corrected chi connectivity index (χ2v) is 6.46. The van der Waals surface area contributed by atoms with Crippen molar-refractivity contribution in [1.29, 1.82) is 0 Å². The maximum Gasteiger partial charge on any atom is 0.234 e. The Bertz CT molecular complexity index is 322. The number of halogens is 2. The number of hydrogen-bond donors (Lipinski definition) is 2. The molecule has 0 aromatic heterocycles. The molecule has 1 heterocycles. The summed E-state index contributed by atoms with van der Waals surface area (Å²) in [5, 5.41) is 6.46. The van der Waals surface area contributed by atoms with Crippen molar-refractivity contribution < 1.29 is 9.53 Å². The number of nitrogens with zero attached hydrogens (tertiary/aromatic N) is 1. The first-order valence-corrected chi connectivity index (χ1v) is 7.82. The van der Waals surface area contributed by atoms with Crippen LogP contribution in [0.3, 0.4) is 0 Å². The van der Waals surface area contributed by atoms with Gasteiger partial charge in [0.25, 0.3) is 0 Å². The van der Waals surface area contributed by atoms with Crippen LogP contribution in [0.2, 0.25) is 0 Å². The van der Waals surface area contributed by atoms with E-state index in [1.165, 1.54) is 19.3 Å². The lowest BCUT2D eigenvalue weighted by molar-refractivity contribution is -0.123. The van der Waals surface area contributed by atoms with Gasteiger partial charge in [0.05, 0.1) is 13.2 Å². The molecule has 2 N–H and O–H groups in total. The van der Waals surface area contributed by atoms with Crippen molar-refractivity contribution >= 4 is 30.7 Å². The average Bonchev–Trinajstić information content (AvgIpc) is 2.42. The Morgan fingerprint density at radius 2 is 1.95 bits per heavy atom. The summed E-state index contributed by atoms with van der Waals surface area (Å²) >= 11 is 0. The molecule has 2 fully saturated rings. The minimum absolute atomic E-state index is 0. The molecule has 0 atom stereocenters. The highest BCUT2D eigenvalue weighted by molar-refractivity contribution is 5.85. The second kappa shape index (κ2) is 10.7. The molecule has 0 unspecified atom stereocenters. The largest absolute Gasteiger partial charge is 0.384 e. The van der Waals surface area contributed by atoms with E-state index in [2.05, 4.69) is 22.6 Å². The number of nitrogens with one attached hydrogen (secondary N) is 2. The third kappa shape index (κ3) is 6.20. The van der Waals surface area contributed by atoms with Gasteiger partial charge in [0.1, 0.15) is 0 Å². The van der Waals surface area contributed by atoms with Gasteiger partial charge in [-0.25, -0.2) is 0 Å². The lowest BCUT2D eigenvalue weighted by Gasteiger charge is -2.41. The molecule has 0 spiro atoms. The molecule has 0 aromatic rings. The fourth-order valence-electron chi connectivity index (χ4n) is 3.30. The Morgan fingerprint density at radius 1 is 1.32 bits per heavy atom. The van der Waals surface area contributed by atoms with E-state index in [9.17, 15) is 4.79 Å². The predicted molar refractivity (Wildman–Crippen MR) is 94.2 cm³/mol. The van der Waals surface area contributed by atoms with Crippen molar-refractivity contribution in [3.8, 4) is 0 Å². The van der Waals surface area contributed by atoms with Crippen molar-refractivity contribution in [3.05, 3.63) is 0 Å². The highest BCUT2D eigenvalue weighted by Gasteiger charge is 2.37. The zero-order chi connectivity index (χ0) is 14.4. The van der Waals surface area contributed by atoms with Crippen LogP contribution in [0, 0.1) is 5.41 Å². The van der Waals surface area contributed by atoms with Crippen molar-refractivity contribution in [2.75, 3.05) is 46.9 Å². The van der Waals surface area contributed by atoms with Crippen molar-refractivity contribution in [3.63, 3.8) is 0 Å². The van der Waals surface area contributed by atoms with Crippen LogP contribution in [0.1, 0.15) is 32.1 Å². The molecule has 1 aliphatic carbocycles. The van der Waals surface area contributed by atoms with Gasteiger partial charge in [0.15, 0.2) is 0 Å². The number of hydrogen-bond acceptors (Lipinski definition) is 4. The second-order valence-electron chi connectivity index (χ2n) is 6.46. The lowest BCUT2D eigenvalue weighted by Crippen LogP contribution is -2.49. The fourth-order valence-corrected chi connectivity index (χ4v) is 3.30. The smallest absolute Gasteiger partial charge is 0.234 e. The molecule has 1 saturated heterocycles. The summed E-state index contributed by atoms with van der Waals surface area (Å²) in [5.41, 5.74) is 0.206. The molecule has 22 heavy (non-hydrogen) atoms. The minimum atomic E-state index is 0. The number of ether oxygens (including phenoxy) is 1. The molecule has 132 valence electrons. The zero-order valence-corrected chi connectivity index (χ0v) is 15.4. The number of amides is 1. The highest BCUT2D eigenvalue weighted by Crippen LogP contribution is 2.40. The molecule has 0 radical (unpaired) electrons. The summed E-state index contributed by atoms with van der Waals surface area (Å²) in [4.78, 5) is 14.3. The Labute approximate surface area is 146 Å². The van der Waals surface area contributed by atoms with Gasteiger partial charge in [0.2, 0.25) is 5.91 Å². The summed E-state index contributed by atoms with van der Waals surface area (Å²) in [7, 11) is 3.80. The van der Waals surface area contributed by atoms with Crippen molar-refractivity contribution in [2.24, 2.45) is 5.41 Å². The van der Waals surface area contributed by atoms with Gasteiger partial charge >= 0.3 is 0 Å². The first kappa shape index (κ1) is 21.9. The molecule has 1 amide bonds. The number of piperidine rings is 1. The molecule has 2 rings (SSSR count). The molecule has 0 bridgehead atoms. The summed E-state index contributed by atoms with van der Waals surface area (Å²) in [6, 6.07) is 0.540. The maximum atomic E-state index is 12.1. The van der Waals surface area contributed by atoms with Crippen LogP contribution in [-0.2, 0) is 9.53 Å². The summed E-state index contributed by atoms with van der Waals surface area (Å²) < 4.78 is 5.29. The number of methoxy groups -OCH3 is 1. The first-order valence-electron chi connectivity index (χ1n) is 7.82. The van der Waals surface area contributed by atoms with Gasteiger partial charge in [-0.3, -0.25) is 9.69 Å². The summed E-state index contributed by atoms with van der Waals surface area (Å²) in [6.45, 7) is 4.16. The number of carbonyl (C=O) groups excluding carboxylic acids is 1. The van der Waals surface area contributed by atoms with Crippen LogP contribution in [-0.4, -0.2) is 63.8 Å². The van der Waals surface area contributed by atoms with E-state index in [0.29, 0.717) is 12.6 Å². The Kier molecular flexibility index (Phi) is 10.6. The van der Waals surface area contributed by atoms with Crippen LogP contribution in [0.4, 0.5) is 0 Å². The molecule has 1 saturated carbocycles. The summed E-state index contributed by atoms with van der Waals surface area (Å²) in [5.74, 6) is 0.147. The van der Waals surface area contributed by atoms with E-state index >= 15 is 0 Å². The third-order valence-electron chi connectivity index (χ3n) is 4.85. The van der Waals surface area contributed by atoms with Crippen LogP contribution in [0.5, 0.6) is 0 Å². The monoisotopic (exact) mass is 355 g/mol. The van der Waals surface area contributed by atoms with Gasteiger partial charge in [-0.1, -0.05) is 6.42 Å². The standard InChI is InChI=1S/C15H29N3O2.2ClH/c1-18(13-4-8-16-9-5-13)10-14(19)17-11-15(12-20-2)6-3-7-15;;/h13,16H,3-12H2,1-2H3,(H,17,19);2*1H. The van der Waals surface area contributed by atoms with Crippen molar-refractivity contribution in [1.82, 2.24) is 15.5 Å². The molecule has 2 aliphatic rings. The topological polar surface area (TPSA) is 53.6 Å². The van der Waals surface area contributed by atoms with E-state index in [4.69, 9.17) is 4.74 Å². The molecule has 5 nitrogen and oxygen atoms in total. The van der Waals surface area contributed by atoms with Gasteiger partial charge in [0, 0.05) is 25.1 Å². The fraction of sp³-hybridized carbons (Fsp3) is 0.933. The quantitative estimate of drug-likeness (QED) is 0.725. The van der Waals surface area contributed by atoms with Gasteiger partial charge in [-0.05, 0) is 45.8 Å². The van der Waals surface area contributed by atoms with Crippen molar-refractivity contribution in [2.45, 2.75) is 38.1 Å². The van der Waals surface area contributed by atoms with E-state index in [1.54, 1.807) is 7.11 Å². The number of carbonyl (C=O) groups is 1. The first-order chi connectivity index (χ1) is 9.65. The van der Waals surface area contributed by atoms with E-state index in [1.807, 2.05) is 0 Å². The zero-order valence-electron chi connectivity index (χ0n) is 13.7. The van der Waals surface area contributed by atoms with E-state index in [0.717, 1.165) is 39.1 Å². The van der Waals surface area contributed by atoms with Gasteiger partial charge < -0.3 is 15.4 Å². The van der Waals surface area contributed by atoms with Crippen LogP contribution in [0.25, 0.3) is 0 Å². The molecule has 1 aliphatic heterocycles. The number of rotatable bonds is 7. The number of likely N-dealkylation sites (N-methyl/N-ethyl adjacent to an activating group) is 1. The lowest BCUT2D eigenvalue weighted by atomic mass is 9.69. The highest BCUT2D eigenvalue weighted by atomic mass is 35.5. The third-order valence-corrected chi connectivity index (χ3v) is 4.85.